The molecule has 0 saturated heterocycles. The van der Waals surface area contributed by atoms with Gasteiger partial charge in [0.2, 0.25) is 4.96 Å². The summed E-state index contributed by atoms with van der Waals surface area (Å²) >= 11 is 1.48. The summed E-state index contributed by atoms with van der Waals surface area (Å²) in [6, 6.07) is 1.59. The number of hydrogen-bond acceptors (Lipinski definition) is 7. The van der Waals surface area contributed by atoms with Gasteiger partial charge >= 0.3 is 0 Å². The molecule has 0 amide bonds. The predicted molar refractivity (Wildman–Crippen MR) is 91.1 cm³/mol. The van der Waals surface area contributed by atoms with E-state index >= 15 is 0 Å². The van der Waals surface area contributed by atoms with Gasteiger partial charge < -0.3 is 0 Å². The molecule has 1 aliphatic heterocycles. The minimum atomic E-state index is -0.110. The highest BCUT2D eigenvalue weighted by Crippen LogP contribution is 2.18. The first kappa shape index (κ1) is 15.3. The van der Waals surface area contributed by atoms with Crippen molar-refractivity contribution < 1.29 is 0 Å². The fourth-order valence-corrected chi connectivity index (χ4v) is 3.80. The van der Waals surface area contributed by atoms with Crippen LogP contribution in [0.15, 0.2) is 17.1 Å². The van der Waals surface area contributed by atoms with Gasteiger partial charge in [-0.25, -0.2) is 15.0 Å². The molecule has 0 atom stereocenters. The van der Waals surface area contributed by atoms with Gasteiger partial charge in [-0.3, -0.25) is 9.69 Å². The van der Waals surface area contributed by atoms with Crippen LogP contribution in [0.5, 0.6) is 0 Å². The third-order valence-corrected chi connectivity index (χ3v) is 5.23. The van der Waals surface area contributed by atoms with Crippen LogP contribution in [0.1, 0.15) is 34.7 Å². The van der Waals surface area contributed by atoms with E-state index < -0.39 is 0 Å². The van der Waals surface area contributed by atoms with Crippen LogP contribution >= 0.6 is 11.3 Å². The largest absolute Gasteiger partial charge is 0.291 e. The zero-order valence-corrected chi connectivity index (χ0v) is 14.5. The Bertz CT molecular complexity index is 963. The Hall–Kier alpha value is -2.19. The monoisotopic (exact) mass is 342 g/mol. The Morgan fingerprint density at radius 1 is 1.33 bits per heavy atom. The fraction of sp³-hybridized carbons (Fsp3) is 0.438. The summed E-state index contributed by atoms with van der Waals surface area (Å²) in [5.41, 5.74) is 2.98. The smallest absolute Gasteiger partial charge is 0.275 e. The van der Waals surface area contributed by atoms with E-state index in [9.17, 15) is 4.79 Å². The minimum Gasteiger partial charge on any atom is -0.291 e. The molecule has 3 aromatic heterocycles. The molecule has 4 heterocycles. The molecule has 0 aliphatic carbocycles. The molecule has 0 spiro atoms. The highest BCUT2D eigenvalue weighted by Gasteiger charge is 2.19. The Morgan fingerprint density at radius 3 is 3.04 bits per heavy atom. The van der Waals surface area contributed by atoms with Gasteiger partial charge in [-0.15, -0.1) is 0 Å². The summed E-state index contributed by atoms with van der Waals surface area (Å²) < 4.78 is 1.40. The maximum Gasteiger partial charge on any atom is 0.275 e. The third kappa shape index (κ3) is 2.83. The molecule has 3 aromatic rings. The van der Waals surface area contributed by atoms with E-state index in [1.807, 2.05) is 20.0 Å². The lowest BCUT2D eigenvalue weighted by atomic mass is 10.1. The molecule has 124 valence electrons. The van der Waals surface area contributed by atoms with Crippen molar-refractivity contribution in [2.24, 2.45) is 0 Å². The summed E-state index contributed by atoms with van der Waals surface area (Å²) in [5, 5.41) is 5.21. The van der Waals surface area contributed by atoms with E-state index in [0.717, 1.165) is 48.2 Å². The summed E-state index contributed by atoms with van der Waals surface area (Å²) in [5.74, 6) is 0.796. The van der Waals surface area contributed by atoms with Crippen molar-refractivity contribution >= 4 is 16.3 Å². The highest BCUT2D eigenvalue weighted by molar-refractivity contribution is 7.16. The van der Waals surface area contributed by atoms with Crippen LogP contribution in [0.3, 0.4) is 0 Å². The molecule has 1 aliphatic rings. The van der Waals surface area contributed by atoms with Crippen molar-refractivity contribution in [3.05, 3.63) is 50.4 Å². The lowest BCUT2D eigenvalue weighted by Crippen LogP contribution is -2.32. The number of hydrogen-bond donors (Lipinski definition) is 0. The van der Waals surface area contributed by atoms with E-state index in [1.165, 1.54) is 21.4 Å². The second-order valence-electron chi connectivity index (χ2n) is 5.98. The van der Waals surface area contributed by atoms with Gasteiger partial charge in [0, 0.05) is 31.9 Å². The highest BCUT2D eigenvalue weighted by atomic mass is 32.1. The first-order valence-electron chi connectivity index (χ1n) is 8.05. The Morgan fingerprint density at radius 2 is 2.21 bits per heavy atom. The van der Waals surface area contributed by atoms with Crippen molar-refractivity contribution in [1.82, 2.24) is 29.5 Å². The summed E-state index contributed by atoms with van der Waals surface area (Å²) in [6.07, 6.45) is 3.66. The maximum atomic E-state index is 12.2. The number of fused-ring (bicyclic) bond motifs is 2. The first-order chi connectivity index (χ1) is 11.6. The molecule has 0 N–H and O–H groups in total. The van der Waals surface area contributed by atoms with Crippen LogP contribution in [0.25, 0.3) is 4.96 Å². The van der Waals surface area contributed by atoms with E-state index in [1.54, 1.807) is 6.07 Å². The van der Waals surface area contributed by atoms with Crippen LogP contribution in [0, 0.1) is 6.92 Å². The molecular weight excluding hydrogens is 324 g/mol. The quantitative estimate of drug-likeness (QED) is 0.715. The lowest BCUT2D eigenvalue weighted by Gasteiger charge is -2.27. The van der Waals surface area contributed by atoms with Crippen molar-refractivity contribution in [3.63, 3.8) is 0 Å². The topological polar surface area (TPSA) is 76.3 Å². The zero-order valence-electron chi connectivity index (χ0n) is 13.7. The second kappa shape index (κ2) is 6.03. The van der Waals surface area contributed by atoms with E-state index in [4.69, 9.17) is 0 Å². The van der Waals surface area contributed by atoms with Crippen LogP contribution in [-0.4, -0.2) is 36.0 Å². The molecule has 8 heteroatoms. The lowest BCUT2D eigenvalue weighted by molar-refractivity contribution is 0.238. The fourth-order valence-electron chi connectivity index (χ4n) is 2.94. The van der Waals surface area contributed by atoms with Crippen molar-refractivity contribution in [2.45, 2.75) is 39.8 Å². The number of rotatable bonds is 3. The number of aromatic nitrogens is 5. The van der Waals surface area contributed by atoms with E-state index in [-0.39, 0.29) is 5.56 Å². The summed E-state index contributed by atoms with van der Waals surface area (Å²) in [6.45, 7) is 6.27. The molecule has 0 radical (unpaired) electrons. The van der Waals surface area contributed by atoms with E-state index in [2.05, 4.69) is 25.0 Å². The molecule has 24 heavy (non-hydrogen) atoms. The van der Waals surface area contributed by atoms with Gasteiger partial charge in [0.15, 0.2) is 0 Å². The summed E-state index contributed by atoms with van der Waals surface area (Å²) in [4.78, 5) is 28.6. The Labute approximate surface area is 143 Å². The first-order valence-corrected chi connectivity index (χ1v) is 8.86. The molecule has 7 nitrogen and oxygen atoms in total. The van der Waals surface area contributed by atoms with Crippen LogP contribution < -0.4 is 5.56 Å². The standard InChI is InChI=1S/C16H18N6OS/c1-3-14-20-22-15(23)6-12(19-16(22)24-14)8-21-5-4-11-7-17-10(2)18-13(11)9-21/h6-7H,3-5,8-9H2,1-2H3. The van der Waals surface area contributed by atoms with Gasteiger partial charge in [0.25, 0.3) is 5.56 Å². The molecule has 0 unspecified atom stereocenters. The second-order valence-corrected chi connectivity index (χ2v) is 7.02. The van der Waals surface area contributed by atoms with Gasteiger partial charge in [0.05, 0.1) is 11.4 Å². The third-order valence-electron chi connectivity index (χ3n) is 4.17. The average Bonchev–Trinajstić information content (AvgIpc) is 2.98. The molecule has 0 aromatic carbocycles. The van der Waals surface area contributed by atoms with Gasteiger partial charge in [-0.05, 0) is 25.3 Å². The molecule has 0 fully saturated rings. The number of nitrogens with zero attached hydrogens (tertiary/aromatic N) is 6. The van der Waals surface area contributed by atoms with Crippen LogP contribution in [-0.2, 0) is 25.9 Å². The van der Waals surface area contributed by atoms with Gasteiger partial charge in [-0.1, -0.05) is 18.3 Å². The molecular formula is C16H18N6OS. The zero-order chi connectivity index (χ0) is 16.7. The van der Waals surface area contributed by atoms with Crippen LogP contribution in [0.4, 0.5) is 0 Å². The SMILES string of the molecule is CCc1nn2c(=O)cc(CN3CCc4cnc(C)nc4C3)nc2s1. The van der Waals surface area contributed by atoms with Crippen molar-refractivity contribution in [3.8, 4) is 0 Å². The normalized spacial score (nSPS) is 14.9. The van der Waals surface area contributed by atoms with E-state index in [0.29, 0.717) is 11.5 Å². The maximum absolute atomic E-state index is 12.2. The van der Waals surface area contributed by atoms with Gasteiger partial charge in [-0.2, -0.15) is 9.61 Å². The van der Waals surface area contributed by atoms with Crippen molar-refractivity contribution in [2.75, 3.05) is 6.54 Å². The molecule has 0 bridgehead atoms. The number of aryl methyl sites for hydroxylation is 2. The predicted octanol–water partition coefficient (Wildman–Crippen LogP) is 1.37. The molecule has 4 rings (SSSR count). The van der Waals surface area contributed by atoms with Gasteiger partial charge in [0.1, 0.15) is 10.8 Å². The molecule has 0 saturated carbocycles. The summed E-state index contributed by atoms with van der Waals surface area (Å²) in [7, 11) is 0. The Kier molecular flexibility index (Phi) is 3.85. The van der Waals surface area contributed by atoms with Crippen molar-refractivity contribution in [1.29, 1.82) is 0 Å². The van der Waals surface area contributed by atoms with Crippen LogP contribution in [0.2, 0.25) is 0 Å². The minimum absolute atomic E-state index is 0.110. The average molecular weight is 342 g/mol. The Balaban J connectivity index is 1.59.